The Labute approximate surface area is 93.5 Å². The summed E-state index contributed by atoms with van der Waals surface area (Å²) in [6, 6.07) is 6.53. The van der Waals surface area contributed by atoms with Crippen LogP contribution in [0.4, 0.5) is 0 Å². The van der Waals surface area contributed by atoms with Gasteiger partial charge in [0.2, 0.25) is 0 Å². The van der Waals surface area contributed by atoms with E-state index < -0.39 is 0 Å². The Morgan fingerprint density at radius 1 is 1.20 bits per heavy atom. The highest BCUT2D eigenvalue weighted by atomic mass is 16.5. The van der Waals surface area contributed by atoms with Gasteiger partial charge in [-0.15, -0.1) is 0 Å². The maximum absolute atomic E-state index is 5.70. The number of aryl methyl sites for hydroxylation is 1. The minimum Gasteiger partial charge on any atom is -0.373 e. The summed E-state index contributed by atoms with van der Waals surface area (Å²) in [5.74, 6) is 0.531. The molecule has 0 aliphatic carbocycles. The first-order valence-electron chi connectivity index (χ1n) is 5.90. The van der Waals surface area contributed by atoms with Gasteiger partial charge in [0.25, 0.3) is 0 Å². The van der Waals surface area contributed by atoms with Crippen LogP contribution in [0.5, 0.6) is 0 Å². The molecule has 84 valence electrons. The summed E-state index contributed by atoms with van der Waals surface area (Å²) in [5.41, 5.74) is 4.23. The predicted molar refractivity (Wildman–Crippen MR) is 65.2 cm³/mol. The highest BCUT2D eigenvalue weighted by Gasteiger charge is 2.23. The molecule has 0 radical (unpaired) electrons. The fourth-order valence-corrected chi connectivity index (χ4v) is 1.96. The molecule has 1 heterocycles. The second kappa shape index (κ2) is 5.32. The van der Waals surface area contributed by atoms with Crippen molar-refractivity contribution in [3.8, 4) is 0 Å². The van der Waals surface area contributed by atoms with E-state index in [2.05, 4.69) is 39.0 Å². The maximum atomic E-state index is 5.70. The molecule has 1 aliphatic rings. The standard InChI is InChI=1S/C12H16O.C2H6/c1-8-5-4-6-11-9(2)10(3)13-7-12(8)11;1-2/h4-6,9-10H,7H2,1-3H3;1-2H3/t9-,10+;/m1./s1. The molecule has 0 saturated heterocycles. The summed E-state index contributed by atoms with van der Waals surface area (Å²) in [6.07, 6.45) is 0.356. The van der Waals surface area contributed by atoms with Crippen molar-refractivity contribution < 1.29 is 4.74 Å². The Morgan fingerprint density at radius 3 is 2.53 bits per heavy atom. The minimum absolute atomic E-state index is 0.356. The van der Waals surface area contributed by atoms with E-state index in [1.54, 1.807) is 0 Å². The van der Waals surface area contributed by atoms with Crippen molar-refractivity contribution in [2.45, 2.75) is 53.2 Å². The summed E-state index contributed by atoms with van der Waals surface area (Å²) in [6.45, 7) is 11.3. The smallest absolute Gasteiger partial charge is 0.0726 e. The fraction of sp³-hybridized carbons (Fsp3) is 0.571. The molecule has 0 bridgehead atoms. The third kappa shape index (κ3) is 2.40. The highest BCUT2D eigenvalue weighted by molar-refractivity contribution is 5.37. The van der Waals surface area contributed by atoms with Gasteiger partial charge in [0, 0.05) is 5.92 Å². The average molecular weight is 206 g/mol. The second-order valence-electron chi connectivity index (χ2n) is 3.95. The normalized spacial score (nSPS) is 23.8. The molecular formula is C14H22O. The van der Waals surface area contributed by atoms with Crippen LogP contribution < -0.4 is 0 Å². The summed E-state index contributed by atoms with van der Waals surface area (Å²) >= 11 is 0. The van der Waals surface area contributed by atoms with Crippen LogP contribution in [0.1, 0.15) is 50.3 Å². The number of rotatable bonds is 0. The molecule has 1 aromatic carbocycles. The van der Waals surface area contributed by atoms with Gasteiger partial charge < -0.3 is 4.74 Å². The van der Waals surface area contributed by atoms with Gasteiger partial charge >= 0.3 is 0 Å². The van der Waals surface area contributed by atoms with Crippen LogP contribution in [-0.2, 0) is 11.3 Å². The lowest BCUT2D eigenvalue weighted by molar-refractivity contribution is 0.0238. The molecule has 1 aromatic rings. The predicted octanol–water partition coefficient (Wildman–Crippen LogP) is 4.04. The lowest BCUT2D eigenvalue weighted by Crippen LogP contribution is -2.23. The zero-order valence-corrected chi connectivity index (χ0v) is 10.5. The number of fused-ring (bicyclic) bond motifs is 1. The molecular weight excluding hydrogens is 184 g/mol. The number of benzene rings is 1. The van der Waals surface area contributed by atoms with E-state index >= 15 is 0 Å². The van der Waals surface area contributed by atoms with Gasteiger partial charge in [0.1, 0.15) is 0 Å². The molecule has 15 heavy (non-hydrogen) atoms. The molecule has 0 aromatic heterocycles. The van der Waals surface area contributed by atoms with Crippen LogP contribution >= 0.6 is 0 Å². The molecule has 0 fully saturated rings. The average Bonchev–Trinajstić information content (AvgIpc) is 2.27. The summed E-state index contributed by atoms with van der Waals surface area (Å²) in [7, 11) is 0. The Kier molecular flexibility index (Phi) is 4.34. The van der Waals surface area contributed by atoms with E-state index in [0.717, 1.165) is 6.61 Å². The van der Waals surface area contributed by atoms with Crippen LogP contribution in [0.2, 0.25) is 0 Å². The zero-order valence-electron chi connectivity index (χ0n) is 10.5. The summed E-state index contributed by atoms with van der Waals surface area (Å²) in [5, 5.41) is 0. The van der Waals surface area contributed by atoms with Crippen LogP contribution in [0.25, 0.3) is 0 Å². The largest absolute Gasteiger partial charge is 0.373 e. The lowest BCUT2D eigenvalue weighted by Gasteiger charge is -2.30. The number of hydrogen-bond acceptors (Lipinski definition) is 1. The third-order valence-corrected chi connectivity index (χ3v) is 3.13. The Bertz CT molecular complexity index is 317. The Morgan fingerprint density at radius 2 is 1.87 bits per heavy atom. The van der Waals surface area contributed by atoms with E-state index in [1.165, 1.54) is 16.7 Å². The zero-order chi connectivity index (χ0) is 11.4. The van der Waals surface area contributed by atoms with E-state index in [9.17, 15) is 0 Å². The van der Waals surface area contributed by atoms with Gasteiger partial charge in [-0.25, -0.2) is 0 Å². The van der Waals surface area contributed by atoms with Crippen molar-refractivity contribution in [1.29, 1.82) is 0 Å². The van der Waals surface area contributed by atoms with Crippen LogP contribution in [0, 0.1) is 6.92 Å². The van der Waals surface area contributed by atoms with Crippen molar-refractivity contribution in [2.24, 2.45) is 0 Å². The van der Waals surface area contributed by atoms with Gasteiger partial charge in [-0.3, -0.25) is 0 Å². The summed E-state index contributed by atoms with van der Waals surface area (Å²) in [4.78, 5) is 0. The summed E-state index contributed by atoms with van der Waals surface area (Å²) < 4.78 is 5.70. The second-order valence-corrected chi connectivity index (χ2v) is 3.95. The molecule has 0 saturated carbocycles. The first-order valence-corrected chi connectivity index (χ1v) is 5.90. The van der Waals surface area contributed by atoms with Crippen molar-refractivity contribution in [3.63, 3.8) is 0 Å². The van der Waals surface area contributed by atoms with E-state index in [1.807, 2.05) is 13.8 Å². The molecule has 1 heteroatoms. The van der Waals surface area contributed by atoms with Crippen molar-refractivity contribution in [2.75, 3.05) is 0 Å². The topological polar surface area (TPSA) is 9.23 Å². The van der Waals surface area contributed by atoms with E-state index in [0.29, 0.717) is 12.0 Å². The first kappa shape index (κ1) is 12.3. The minimum atomic E-state index is 0.356. The molecule has 2 atom stereocenters. The van der Waals surface area contributed by atoms with Crippen molar-refractivity contribution in [1.82, 2.24) is 0 Å². The van der Waals surface area contributed by atoms with Crippen LogP contribution in [0.15, 0.2) is 18.2 Å². The SMILES string of the molecule is CC.Cc1cccc2c1CO[C@@H](C)[C@H]2C. The molecule has 0 spiro atoms. The van der Waals surface area contributed by atoms with Crippen LogP contribution in [0.3, 0.4) is 0 Å². The van der Waals surface area contributed by atoms with Gasteiger partial charge in [-0.1, -0.05) is 39.0 Å². The van der Waals surface area contributed by atoms with Gasteiger partial charge in [-0.2, -0.15) is 0 Å². The Balaban J connectivity index is 0.000000531. The Hall–Kier alpha value is -0.820. The fourth-order valence-electron chi connectivity index (χ4n) is 1.96. The van der Waals surface area contributed by atoms with Crippen LogP contribution in [-0.4, -0.2) is 6.10 Å². The molecule has 1 aliphatic heterocycles. The highest BCUT2D eigenvalue weighted by Crippen LogP contribution is 2.32. The molecule has 0 unspecified atom stereocenters. The van der Waals surface area contributed by atoms with Crippen molar-refractivity contribution in [3.05, 3.63) is 34.9 Å². The van der Waals surface area contributed by atoms with Crippen molar-refractivity contribution >= 4 is 0 Å². The molecule has 0 N–H and O–H groups in total. The third-order valence-electron chi connectivity index (χ3n) is 3.13. The van der Waals surface area contributed by atoms with Gasteiger partial charge in [-0.05, 0) is 30.5 Å². The maximum Gasteiger partial charge on any atom is 0.0726 e. The first-order chi connectivity index (χ1) is 7.20. The lowest BCUT2D eigenvalue weighted by atomic mass is 9.88. The van der Waals surface area contributed by atoms with E-state index in [4.69, 9.17) is 4.74 Å². The van der Waals surface area contributed by atoms with E-state index in [-0.39, 0.29) is 0 Å². The quantitative estimate of drug-likeness (QED) is 0.622. The number of hydrogen-bond donors (Lipinski definition) is 0. The van der Waals surface area contributed by atoms with Gasteiger partial charge in [0.05, 0.1) is 12.7 Å². The molecule has 1 nitrogen and oxygen atoms in total. The monoisotopic (exact) mass is 206 g/mol. The molecule has 2 rings (SSSR count). The number of ether oxygens (including phenoxy) is 1. The molecule has 0 amide bonds. The van der Waals surface area contributed by atoms with Gasteiger partial charge in [0.15, 0.2) is 0 Å².